The normalized spacial score (nSPS) is 16.0. The lowest BCUT2D eigenvalue weighted by Crippen LogP contribution is -2.25. The van der Waals surface area contributed by atoms with Gasteiger partial charge in [-0.25, -0.2) is 0 Å². The highest BCUT2D eigenvalue weighted by molar-refractivity contribution is 5.49. The predicted molar refractivity (Wildman–Crippen MR) is 73.9 cm³/mol. The molecule has 94 valence electrons. The molecule has 0 aromatic heterocycles. The van der Waals surface area contributed by atoms with Crippen molar-refractivity contribution < 1.29 is 9.84 Å². The third-order valence-corrected chi connectivity index (χ3v) is 3.51. The Morgan fingerprint density at radius 1 is 1.11 bits per heavy atom. The summed E-state index contributed by atoms with van der Waals surface area (Å²) in [4.78, 5) is 0. The molecule has 1 heterocycles. The lowest BCUT2D eigenvalue weighted by atomic mass is 9.86. The second-order valence-electron chi connectivity index (χ2n) is 4.64. The van der Waals surface area contributed by atoms with E-state index in [0.717, 1.165) is 17.7 Å². The quantitative estimate of drug-likeness (QED) is 0.830. The van der Waals surface area contributed by atoms with E-state index in [9.17, 15) is 5.11 Å². The molecule has 0 aliphatic carbocycles. The largest absolute Gasteiger partial charge is 0.493 e. The lowest BCUT2D eigenvalue weighted by molar-refractivity contribution is 0.145. The summed E-state index contributed by atoms with van der Waals surface area (Å²) in [5.41, 5.74) is 1.13. The number of rotatable bonds is 2. The van der Waals surface area contributed by atoms with E-state index in [-0.39, 0.29) is 0 Å². The van der Waals surface area contributed by atoms with Gasteiger partial charge >= 0.3 is 0 Å². The van der Waals surface area contributed by atoms with Crippen LogP contribution in [-0.4, -0.2) is 11.7 Å². The number of benzene rings is 2. The minimum atomic E-state index is -1.39. The predicted octanol–water partition coefficient (Wildman–Crippen LogP) is 2.49. The molecule has 3 rings (SSSR count). The van der Waals surface area contributed by atoms with Crippen LogP contribution in [0.2, 0.25) is 0 Å². The Morgan fingerprint density at radius 2 is 1.89 bits per heavy atom. The van der Waals surface area contributed by atoms with Crippen molar-refractivity contribution in [3.8, 4) is 18.1 Å². The van der Waals surface area contributed by atoms with Gasteiger partial charge in [0, 0.05) is 17.5 Å². The average molecular weight is 250 g/mol. The van der Waals surface area contributed by atoms with Crippen molar-refractivity contribution in [1.29, 1.82) is 0 Å². The van der Waals surface area contributed by atoms with E-state index in [1.54, 1.807) is 0 Å². The van der Waals surface area contributed by atoms with Crippen LogP contribution in [0, 0.1) is 12.3 Å². The Balaban J connectivity index is 2.11. The molecule has 0 spiro atoms. The molecule has 2 aromatic rings. The van der Waals surface area contributed by atoms with Crippen LogP contribution in [0.4, 0.5) is 0 Å². The highest BCUT2D eigenvalue weighted by atomic mass is 16.5. The molecule has 1 N–H and O–H groups in total. The average Bonchev–Trinajstić information content (AvgIpc) is 2.94. The zero-order valence-corrected chi connectivity index (χ0v) is 10.5. The highest BCUT2D eigenvalue weighted by Crippen LogP contribution is 2.34. The molecule has 1 atom stereocenters. The third kappa shape index (κ3) is 1.89. The molecule has 0 fully saturated rings. The van der Waals surface area contributed by atoms with Crippen LogP contribution in [-0.2, 0) is 12.0 Å². The number of terminal acetylenes is 1. The molecule has 2 aromatic carbocycles. The van der Waals surface area contributed by atoms with E-state index in [2.05, 4.69) is 5.92 Å². The second kappa shape index (κ2) is 4.46. The zero-order chi connectivity index (χ0) is 13.3. The Morgan fingerprint density at radius 3 is 2.63 bits per heavy atom. The maximum Gasteiger partial charge on any atom is 0.176 e. The van der Waals surface area contributed by atoms with Crippen LogP contribution in [0.5, 0.6) is 5.75 Å². The molecule has 2 nitrogen and oxygen atoms in total. The summed E-state index contributed by atoms with van der Waals surface area (Å²) >= 11 is 0. The molecule has 19 heavy (non-hydrogen) atoms. The van der Waals surface area contributed by atoms with Crippen molar-refractivity contribution in [3.63, 3.8) is 0 Å². The van der Waals surface area contributed by atoms with E-state index in [1.807, 2.05) is 48.5 Å². The number of hydrogen-bond acceptors (Lipinski definition) is 2. The smallest absolute Gasteiger partial charge is 0.176 e. The van der Waals surface area contributed by atoms with Gasteiger partial charge in [0.25, 0.3) is 0 Å². The second-order valence-corrected chi connectivity index (χ2v) is 4.64. The first-order valence-corrected chi connectivity index (χ1v) is 6.26. The van der Waals surface area contributed by atoms with Gasteiger partial charge in [-0.1, -0.05) is 42.3 Å². The highest BCUT2D eigenvalue weighted by Gasteiger charge is 2.30. The first-order valence-electron chi connectivity index (χ1n) is 6.26. The molecule has 1 aliphatic heterocycles. The van der Waals surface area contributed by atoms with Crippen molar-refractivity contribution in [2.75, 3.05) is 6.61 Å². The van der Waals surface area contributed by atoms with Gasteiger partial charge in [0.15, 0.2) is 5.60 Å². The van der Waals surface area contributed by atoms with Crippen molar-refractivity contribution in [3.05, 3.63) is 65.2 Å². The van der Waals surface area contributed by atoms with E-state index >= 15 is 0 Å². The topological polar surface area (TPSA) is 29.5 Å². The van der Waals surface area contributed by atoms with E-state index in [0.29, 0.717) is 17.7 Å². The number of aliphatic hydroxyl groups is 1. The van der Waals surface area contributed by atoms with Crippen LogP contribution < -0.4 is 4.74 Å². The summed E-state index contributed by atoms with van der Waals surface area (Å²) in [6.07, 6.45) is 6.44. The lowest BCUT2D eigenvalue weighted by Gasteiger charge is -2.23. The standard InChI is InChI=1S/C17H14O2/c1-2-17(18,14-6-4-3-5-7-14)15-8-9-16-13(12-15)10-11-19-16/h1,3-9,12,18H,10-11H2. The summed E-state index contributed by atoms with van der Waals surface area (Å²) in [6, 6.07) is 15.0. The summed E-state index contributed by atoms with van der Waals surface area (Å²) < 4.78 is 5.47. The van der Waals surface area contributed by atoms with Gasteiger partial charge in [0.1, 0.15) is 5.75 Å². The summed E-state index contributed by atoms with van der Waals surface area (Å²) in [6.45, 7) is 0.693. The monoisotopic (exact) mass is 250 g/mol. The maximum absolute atomic E-state index is 10.8. The van der Waals surface area contributed by atoms with Crippen LogP contribution in [0.1, 0.15) is 16.7 Å². The summed E-state index contributed by atoms with van der Waals surface area (Å²) in [5, 5.41) is 10.8. The Hall–Kier alpha value is -2.24. The molecule has 2 heteroatoms. The van der Waals surface area contributed by atoms with Gasteiger partial charge in [-0.3, -0.25) is 0 Å². The van der Waals surface area contributed by atoms with Crippen molar-refractivity contribution in [2.24, 2.45) is 0 Å². The maximum atomic E-state index is 10.8. The molecule has 0 saturated heterocycles. The molecular weight excluding hydrogens is 236 g/mol. The van der Waals surface area contributed by atoms with Crippen molar-refractivity contribution in [1.82, 2.24) is 0 Å². The van der Waals surface area contributed by atoms with E-state index < -0.39 is 5.60 Å². The Kier molecular flexibility index (Phi) is 2.77. The fraction of sp³-hybridized carbons (Fsp3) is 0.176. The van der Waals surface area contributed by atoms with Gasteiger partial charge in [-0.05, 0) is 17.7 Å². The number of ether oxygens (including phenoxy) is 1. The minimum absolute atomic E-state index is 0.693. The minimum Gasteiger partial charge on any atom is -0.493 e. The van der Waals surface area contributed by atoms with Gasteiger partial charge in [0.2, 0.25) is 0 Å². The van der Waals surface area contributed by atoms with Crippen LogP contribution in [0.15, 0.2) is 48.5 Å². The summed E-state index contributed by atoms with van der Waals surface area (Å²) in [5.74, 6) is 3.40. The molecular formula is C17H14O2. The molecule has 0 amide bonds. The Labute approximate surface area is 112 Å². The number of hydrogen-bond donors (Lipinski definition) is 1. The first kappa shape index (κ1) is 11.8. The summed E-state index contributed by atoms with van der Waals surface area (Å²) in [7, 11) is 0. The van der Waals surface area contributed by atoms with Gasteiger partial charge in [-0.15, -0.1) is 6.42 Å². The van der Waals surface area contributed by atoms with E-state index in [1.165, 1.54) is 0 Å². The zero-order valence-electron chi connectivity index (χ0n) is 10.5. The van der Waals surface area contributed by atoms with Crippen LogP contribution in [0.25, 0.3) is 0 Å². The van der Waals surface area contributed by atoms with Crippen molar-refractivity contribution >= 4 is 0 Å². The molecule has 1 aliphatic rings. The fourth-order valence-corrected chi connectivity index (χ4v) is 2.42. The number of fused-ring (bicyclic) bond motifs is 1. The molecule has 1 unspecified atom stereocenters. The van der Waals surface area contributed by atoms with Crippen LogP contribution >= 0.6 is 0 Å². The van der Waals surface area contributed by atoms with Gasteiger partial charge in [-0.2, -0.15) is 0 Å². The fourth-order valence-electron chi connectivity index (χ4n) is 2.42. The molecule has 0 bridgehead atoms. The van der Waals surface area contributed by atoms with Crippen molar-refractivity contribution in [2.45, 2.75) is 12.0 Å². The van der Waals surface area contributed by atoms with Crippen LogP contribution in [0.3, 0.4) is 0 Å². The molecule has 0 saturated carbocycles. The van der Waals surface area contributed by atoms with Gasteiger partial charge in [0.05, 0.1) is 6.61 Å². The third-order valence-electron chi connectivity index (χ3n) is 3.51. The molecule has 0 radical (unpaired) electrons. The van der Waals surface area contributed by atoms with Gasteiger partial charge < -0.3 is 9.84 Å². The van der Waals surface area contributed by atoms with E-state index in [4.69, 9.17) is 11.2 Å². The Bertz CT molecular complexity index is 640. The SMILES string of the molecule is C#CC(O)(c1ccccc1)c1ccc2c(c1)CCO2. The first-order chi connectivity index (χ1) is 9.24.